The van der Waals surface area contributed by atoms with Crippen LogP contribution in [-0.2, 0) is 11.3 Å². The summed E-state index contributed by atoms with van der Waals surface area (Å²) >= 11 is 6.00. The summed E-state index contributed by atoms with van der Waals surface area (Å²) in [6.07, 6.45) is 4.04. The van der Waals surface area contributed by atoms with Crippen molar-refractivity contribution < 1.29 is 4.74 Å². The molecule has 0 amide bonds. The average Bonchev–Trinajstić information content (AvgIpc) is 2.37. The molecule has 0 N–H and O–H groups in total. The van der Waals surface area contributed by atoms with E-state index in [4.69, 9.17) is 16.3 Å². The molecule has 0 fully saturated rings. The number of hydrogen-bond donors (Lipinski definition) is 0. The number of halogens is 1. The standard InChI is InChI=1S/C14H23ClN2O/c1-4-14(5-2)17(8-9-18-3)11-13-10-12(15)6-7-16-13/h6-7,10,14H,4-5,8-9,11H2,1-3H3. The fourth-order valence-corrected chi connectivity index (χ4v) is 2.33. The third kappa shape index (κ3) is 4.92. The van der Waals surface area contributed by atoms with Crippen LogP contribution in [0, 0.1) is 0 Å². The number of aromatic nitrogens is 1. The maximum Gasteiger partial charge on any atom is 0.0589 e. The van der Waals surface area contributed by atoms with Gasteiger partial charge < -0.3 is 4.74 Å². The van der Waals surface area contributed by atoms with Gasteiger partial charge in [0.1, 0.15) is 0 Å². The van der Waals surface area contributed by atoms with Gasteiger partial charge in [0.15, 0.2) is 0 Å². The number of ether oxygens (including phenoxy) is 1. The summed E-state index contributed by atoms with van der Waals surface area (Å²) in [5.74, 6) is 0. The molecule has 1 rings (SSSR count). The van der Waals surface area contributed by atoms with Gasteiger partial charge in [0.2, 0.25) is 0 Å². The average molecular weight is 271 g/mol. The third-order valence-electron chi connectivity index (χ3n) is 3.19. The molecular weight excluding hydrogens is 248 g/mol. The molecule has 102 valence electrons. The zero-order valence-corrected chi connectivity index (χ0v) is 12.3. The molecule has 1 aromatic heterocycles. The van der Waals surface area contributed by atoms with Crippen LogP contribution >= 0.6 is 11.6 Å². The van der Waals surface area contributed by atoms with Crippen LogP contribution in [0.4, 0.5) is 0 Å². The van der Waals surface area contributed by atoms with Gasteiger partial charge >= 0.3 is 0 Å². The van der Waals surface area contributed by atoms with Crippen molar-refractivity contribution in [2.24, 2.45) is 0 Å². The van der Waals surface area contributed by atoms with Crippen molar-refractivity contribution in [1.29, 1.82) is 0 Å². The van der Waals surface area contributed by atoms with E-state index in [0.717, 1.165) is 43.3 Å². The van der Waals surface area contributed by atoms with Crippen molar-refractivity contribution in [2.75, 3.05) is 20.3 Å². The lowest BCUT2D eigenvalue weighted by atomic mass is 10.1. The van der Waals surface area contributed by atoms with Crippen LogP contribution in [0.2, 0.25) is 5.02 Å². The molecule has 0 saturated heterocycles. The van der Waals surface area contributed by atoms with Crippen LogP contribution in [0.1, 0.15) is 32.4 Å². The van der Waals surface area contributed by atoms with Crippen LogP contribution in [0.3, 0.4) is 0 Å². The lowest BCUT2D eigenvalue weighted by Gasteiger charge is -2.29. The predicted octanol–water partition coefficient (Wildman–Crippen LogP) is 3.37. The minimum atomic E-state index is 0.570. The molecular formula is C14H23ClN2O. The van der Waals surface area contributed by atoms with Crippen molar-refractivity contribution >= 4 is 11.6 Å². The zero-order chi connectivity index (χ0) is 13.4. The number of methoxy groups -OCH3 is 1. The summed E-state index contributed by atoms with van der Waals surface area (Å²) in [5, 5.41) is 0.747. The van der Waals surface area contributed by atoms with E-state index in [1.54, 1.807) is 13.3 Å². The van der Waals surface area contributed by atoms with Gasteiger partial charge in [-0.05, 0) is 25.0 Å². The van der Waals surface area contributed by atoms with E-state index < -0.39 is 0 Å². The van der Waals surface area contributed by atoms with Gasteiger partial charge in [-0.25, -0.2) is 0 Å². The first kappa shape index (κ1) is 15.4. The van der Waals surface area contributed by atoms with E-state index in [1.807, 2.05) is 12.1 Å². The molecule has 0 spiro atoms. The van der Waals surface area contributed by atoms with Crippen molar-refractivity contribution in [3.8, 4) is 0 Å². The van der Waals surface area contributed by atoms with E-state index in [2.05, 4.69) is 23.7 Å². The summed E-state index contributed by atoms with van der Waals surface area (Å²) in [4.78, 5) is 6.79. The molecule has 0 radical (unpaired) electrons. The van der Waals surface area contributed by atoms with Crippen molar-refractivity contribution in [3.05, 3.63) is 29.0 Å². The maximum atomic E-state index is 6.00. The topological polar surface area (TPSA) is 25.4 Å². The highest BCUT2D eigenvalue weighted by Crippen LogP contribution is 2.14. The second-order valence-corrected chi connectivity index (χ2v) is 4.84. The summed E-state index contributed by atoms with van der Waals surface area (Å²) < 4.78 is 5.18. The Kier molecular flexibility index (Phi) is 7.25. The number of nitrogens with zero attached hydrogens (tertiary/aromatic N) is 2. The van der Waals surface area contributed by atoms with Crippen molar-refractivity contribution in [2.45, 2.75) is 39.3 Å². The molecule has 0 bridgehead atoms. The number of pyridine rings is 1. The second-order valence-electron chi connectivity index (χ2n) is 4.40. The summed E-state index contributed by atoms with van der Waals surface area (Å²) in [7, 11) is 1.74. The van der Waals surface area contributed by atoms with Gasteiger partial charge in [-0.2, -0.15) is 0 Å². The first-order chi connectivity index (χ1) is 8.71. The Morgan fingerprint density at radius 2 is 2.11 bits per heavy atom. The number of hydrogen-bond acceptors (Lipinski definition) is 3. The second kappa shape index (κ2) is 8.46. The third-order valence-corrected chi connectivity index (χ3v) is 3.42. The van der Waals surface area contributed by atoms with E-state index in [-0.39, 0.29) is 0 Å². The predicted molar refractivity (Wildman–Crippen MR) is 75.9 cm³/mol. The number of rotatable bonds is 8. The Morgan fingerprint density at radius 3 is 2.67 bits per heavy atom. The Labute approximate surface area is 115 Å². The SMILES string of the molecule is CCC(CC)N(CCOC)Cc1cc(Cl)ccn1. The minimum Gasteiger partial charge on any atom is -0.383 e. The Balaban J connectivity index is 2.70. The molecule has 4 heteroatoms. The lowest BCUT2D eigenvalue weighted by Crippen LogP contribution is -2.36. The Bertz CT molecular complexity index is 342. The summed E-state index contributed by atoms with van der Waals surface area (Å²) in [6, 6.07) is 4.31. The molecule has 0 aliphatic heterocycles. The van der Waals surface area contributed by atoms with Gasteiger partial charge in [0.25, 0.3) is 0 Å². The molecule has 0 unspecified atom stereocenters. The van der Waals surface area contributed by atoms with Gasteiger partial charge in [0, 0.05) is 37.5 Å². The Hall–Kier alpha value is -0.640. The first-order valence-corrected chi connectivity index (χ1v) is 6.92. The quantitative estimate of drug-likeness (QED) is 0.724. The maximum absolute atomic E-state index is 6.00. The van der Waals surface area contributed by atoms with Crippen LogP contribution in [0.5, 0.6) is 0 Å². The van der Waals surface area contributed by atoms with Crippen LogP contribution < -0.4 is 0 Å². The molecule has 1 heterocycles. The highest BCUT2D eigenvalue weighted by atomic mass is 35.5. The normalized spacial score (nSPS) is 11.4. The Morgan fingerprint density at radius 1 is 1.39 bits per heavy atom. The monoisotopic (exact) mass is 270 g/mol. The van der Waals surface area contributed by atoms with Crippen LogP contribution in [-0.4, -0.2) is 36.2 Å². The molecule has 3 nitrogen and oxygen atoms in total. The largest absolute Gasteiger partial charge is 0.383 e. The van der Waals surface area contributed by atoms with E-state index >= 15 is 0 Å². The van der Waals surface area contributed by atoms with Crippen LogP contribution in [0.15, 0.2) is 18.3 Å². The molecule has 1 aromatic rings. The van der Waals surface area contributed by atoms with Gasteiger partial charge in [-0.1, -0.05) is 25.4 Å². The molecule has 18 heavy (non-hydrogen) atoms. The molecule has 0 atom stereocenters. The summed E-state index contributed by atoms with van der Waals surface area (Å²) in [6.45, 7) is 6.95. The van der Waals surface area contributed by atoms with Crippen molar-refractivity contribution in [3.63, 3.8) is 0 Å². The van der Waals surface area contributed by atoms with Gasteiger partial charge in [-0.15, -0.1) is 0 Å². The van der Waals surface area contributed by atoms with Gasteiger partial charge in [-0.3, -0.25) is 9.88 Å². The molecule has 0 aliphatic carbocycles. The van der Waals surface area contributed by atoms with E-state index in [1.165, 1.54) is 0 Å². The molecule has 0 aliphatic rings. The molecule has 0 aromatic carbocycles. The first-order valence-electron chi connectivity index (χ1n) is 6.54. The lowest BCUT2D eigenvalue weighted by molar-refractivity contribution is 0.109. The highest BCUT2D eigenvalue weighted by molar-refractivity contribution is 6.30. The fourth-order valence-electron chi connectivity index (χ4n) is 2.15. The van der Waals surface area contributed by atoms with E-state index in [0.29, 0.717) is 6.04 Å². The zero-order valence-electron chi connectivity index (χ0n) is 11.5. The van der Waals surface area contributed by atoms with Crippen molar-refractivity contribution in [1.82, 2.24) is 9.88 Å². The van der Waals surface area contributed by atoms with Gasteiger partial charge in [0.05, 0.1) is 12.3 Å². The smallest absolute Gasteiger partial charge is 0.0589 e. The minimum absolute atomic E-state index is 0.570. The van der Waals surface area contributed by atoms with E-state index in [9.17, 15) is 0 Å². The highest BCUT2D eigenvalue weighted by Gasteiger charge is 2.15. The molecule has 0 saturated carbocycles. The fraction of sp³-hybridized carbons (Fsp3) is 0.643. The van der Waals surface area contributed by atoms with Crippen LogP contribution in [0.25, 0.3) is 0 Å². The summed E-state index contributed by atoms with van der Waals surface area (Å²) in [5.41, 5.74) is 1.02.